The average molecular weight is 497 g/mol. The molecular formula is C24H32O11. The van der Waals surface area contributed by atoms with Crippen molar-refractivity contribution in [1.29, 1.82) is 0 Å². The molecule has 194 valence electrons. The number of epoxide rings is 2. The van der Waals surface area contributed by atoms with Crippen LogP contribution in [0.3, 0.4) is 0 Å². The summed E-state index contributed by atoms with van der Waals surface area (Å²) in [6, 6.07) is 0. The molecule has 0 radical (unpaired) electrons. The number of esters is 3. The van der Waals surface area contributed by atoms with Crippen LogP contribution in [0.15, 0.2) is 11.6 Å². The zero-order valence-electron chi connectivity index (χ0n) is 20.3. The lowest BCUT2D eigenvalue weighted by atomic mass is 9.53. The van der Waals surface area contributed by atoms with E-state index in [1.165, 1.54) is 26.8 Å². The minimum Gasteiger partial charge on any atom is -0.462 e. The van der Waals surface area contributed by atoms with E-state index in [4.69, 9.17) is 23.7 Å². The molecule has 0 amide bonds. The van der Waals surface area contributed by atoms with Crippen LogP contribution in [0.25, 0.3) is 0 Å². The number of fused-ring (bicyclic) bond motifs is 3. The van der Waals surface area contributed by atoms with Crippen molar-refractivity contribution in [2.24, 2.45) is 11.3 Å². The van der Waals surface area contributed by atoms with Crippen LogP contribution in [0.4, 0.5) is 0 Å². The first-order valence-electron chi connectivity index (χ1n) is 11.9. The van der Waals surface area contributed by atoms with E-state index in [1.807, 2.05) is 6.92 Å². The van der Waals surface area contributed by atoms with Gasteiger partial charge in [0, 0.05) is 32.6 Å². The molecule has 4 fully saturated rings. The van der Waals surface area contributed by atoms with Crippen molar-refractivity contribution in [2.75, 3.05) is 6.61 Å². The van der Waals surface area contributed by atoms with Crippen molar-refractivity contribution in [3.8, 4) is 0 Å². The highest BCUT2D eigenvalue weighted by atomic mass is 16.7. The molecule has 11 nitrogen and oxygen atoms in total. The molecule has 11 atom stereocenters. The molecule has 0 bridgehead atoms. The molecule has 0 aromatic rings. The van der Waals surface area contributed by atoms with Gasteiger partial charge in [-0.3, -0.25) is 9.59 Å². The maximum Gasteiger partial charge on any atom is 0.342 e. The van der Waals surface area contributed by atoms with Gasteiger partial charge in [0.15, 0.2) is 17.3 Å². The molecule has 3 N–H and O–H groups in total. The van der Waals surface area contributed by atoms with Gasteiger partial charge in [0.1, 0.15) is 12.2 Å². The fraction of sp³-hybridized carbons (Fsp3) is 0.792. The van der Waals surface area contributed by atoms with E-state index in [-0.39, 0.29) is 24.5 Å². The van der Waals surface area contributed by atoms with Crippen LogP contribution >= 0.6 is 0 Å². The van der Waals surface area contributed by atoms with E-state index in [0.29, 0.717) is 0 Å². The molecule has 0 aromatic carbocycles. The first kappa shape index (κ1) is 24.6. The number of hydrogen-bond donors (Lipinski definition) is 3. The van der Waals surface area contributed by atoms with Crippen LogP contribution in [0.2, 0.25) is 0 Å². The summed E-state index contributed by atoms with van der Waals surface area (Å²) in [4.78, 5) is 37.1. The van der Waals surface area contributed by atoms with Crippen LogP contribution < -0.4 is 0 Å². The first-order valence-corrected chi connectivity index (χ1v) is 11.9. The van der Waals surface area contributed by atoms with Crippen LogP contribution in [0, 0.1) is 11.3 Å². The van der Waals surface area contributed by atoms with Gasteiger partial charge in [0.05, 0.1) is 35.9 Å². The molecule has 2 aliphatic carbocycles. The molecule has 0 unspecified atom stereocenters. The predicted molar refractivity (Wildman–Crippen MR) is 115 cm³/mol. The van der Waals surface area contributed by atoms with Crippen molar-refractivity contribution < 1.29 is 53.4 Å². The summed E-state index contributed by atoms with van der Waals surface area (Å²) >= 11 is 0. The largest absolute Gasteiger partial charge is 0.462 e. The molecule has 0 aromatic heterocycles. The molecule has 35 heavy (non-hydrogen) atoms. The molecule has 3 heterocycles. The van der Waals surface area contributed by atoms with E-state index in [1.54, 1.807) is 6.92 Å². The van der Waals surface area contributed by atoms with E-state index >= 15 is 0 Å². The Bertz CT molecular complexity index is 1010. The number of aliphatic hydroxyl groups excluding tert-OH is 3. The third-order valence-corrected chi connectivity index (χ3v) is 8.99. The minimum absolute atomic E-state index is 0.125. The van der Waals surface area contributed by atoms with Crippen LogP contribution in [-0.2, 0) is 38.1 Å². The van der Waals surface area contributed by atoms with Gasteiger partial charge < -0.3 is 39.0 Å². The summed E-state index contributed by atoms with van der Waals surface area (Å²) in [6.45, 7) is 6.99. The van der Waals surface area contributed by atoms with Crippen molar-refractivity contribution >= 4 is 17.9 Å². The normalized spacial score (nSPS) is 53.4. The molecule has 3 saturated heterocycles. The molecular weight excluding hydrogens is 464 g/mol. The standard InChI is InChI=1S/C24H32O11/c1-10(26)31-14-7-13(28)12(9-25)6-17-24(23(5,35-24)20(30)33-17)19(29)18-21(14,3)15(32-11(2)27)8-16-22(18,4)34-16/h6,13-19,25,28-29H,7-9H2,1-5H3/b12-6-/t13-,14+,15+,16+,17+,18-,19+,21+,22+,23+,24+/m1/s1. The maximum absolute atomic E-state index is 12.8. The van der Waals surface area contributed by atoms with Crippen LogP contribution in [0.5, 0.6) is 0 Å². The highest BCUT2D eigenvalue weighted by molar-refractivity contribution is 5.89. The van der Waals surface area contributed by atoms with Gasteiger partial charge in [0.25, 0.3) is 0 Å². The van der Waals surface area contributed by atoms with Gasteiger partial charge in [-0.2, -0.15) is 0 Å². The summed E-state index contributed by atoms with van der Waals surface area (Å²) < 4.78 is 29.0. The molecule has 5 aliphatic rings. The van der Waals surface area contributed by atoms with E-state index < -0.39 is 83.2 Å². The maximum atomic E-state index is 12.8. The lowest BCUT2D eigenvalue weighted by molar-refractivity contribution is -0.208. The zero-order chi connectivity index (χ0) is 25.7. The van der Waals surface area contributed by atoms with Gasteiger partial charge in [-0.15, -0.1) is 0 Å². The number of rotatable bonds is 3. The fourth-order valence-corrected chi connectivity index (χ4v) is 7.05. The molecule has 3 aliphatic heterocycles. The predicted octanol–water partition coefficient (Wildman–Crippen LogP) is -0.469. The Hall–Kier alpha value is -2.05. The second-order valence-electron chi connectivity index (χ2n) is 10.9. The monoisotopic (exact) mass is 496 g/mol. The number of hydrogen-bond acceptors (Lipinski definition) is 11. The first-order chi connectivity index (χ1) is 16.3. The Morgan fingerprint density at radius 1 is 1.09 bits per heavy atom. The number of aliphatic hydroxyl groups is 3. The van der Waals surface area contributed by atoms with Gasteiger partial charge in [0.2, 0.25) is 0 Å². The highest BCUT2D eigenvalue weighted by Gasteiger charge is 2.88. The summed E-state index contributed by atoms with van der Waals surface area (Å²) in [5.74, 6) is -2.71. The summed E-state index contributed by atoms with van der Waals surface area (Å²) in [5.41, 5.74) is -5.05. The Morgan fingerprint density at radius 2 is 1.69 bits per heavy atom. The zero-order valence-corrected chi connectivity index (χ0v) is 20.3. The van der Waals surface area contributed by atoms with Crippen molar-refractivity contribution in [2.45, 2.75) is 101 Å². The SMILES string of the molecule is CC(=O)O[C@H]1C[C@@H](O)/C(CO)=C\[C@@H]2OC(=O)[C@]3(C)O[C@]23[C@@H](O)[C@H]2[C@@]3(C)O[C@H]3C[C@H](OC(C)=O)[C@]12C. The summed E-state index contributed by atoms with van der Waals surface area (Å²) in [7, 11) is 0. The Labute approximate surface area is 202 Å². The van der Waals surface area contributed by atoms with E-state index in [0.717, 1.165) is 0 Å². The second kappa shape index (κ2) is 7.48. The Morgan fingerprint density at radius 3 is 2.23 bits per heavy atom. The lowest BCUT2D eigenvalue weighted by Gasteiger charge is -2.53. The second-order valence-corrected chi connectivity index (χ2v) is 10.9. The van der Waals surface area contributed by atoms with Crippen molar-refractivity contribution in [3.63, 3.8) is 0 Å². The van der Waals surface area contributed by atoms with Gasteiger partial charge in [-0.1, -0.05) is 6.92 Å². The molecule has 1 spiro atoms. The van der Waals surface area contributed by atoms with Crippen molar-refractivity contribution in [3.05, 3.63) is 11.6 Å². The number of ether oxygens (including phenoxy) is 5. The van der Waals surface area contributed by atoms with Crippen molar-refractivity contribution in [1.82, 2.24) is 0 Å². The fourth-order valence-electron chi connectivity index (χ4n) is 7.05. The minimum atomic E-state index is -1.54. The smallest absolute Gasteiger partial charge is 0.342 e. The van der Waals surface area contributed by atoms with Gasteiger partial charge in [-0.05, 0) is 25.5 Å². The number of carbonyl (C=O) groups is 3. The lowest BCUT2D eigenvalue weighted by Crippen LogP contribution is -2.66. The van der Waals surface area contributed by atoms with Gasteiger partial charge >= 0.3 is 17.9 Å². The molecule has 5 rings (SSSR count). The Kier molecular flexibility index (Phi) is 5.27. The number of carbonyl (C=O) groups excluding carboxylic acids is 3. The summed E-state index contributed by atoms with van der Waals surface area (Å²) in [5, 5.41) is 33.2. The average Bonchev–Trinajstić information content (AvgIpc) is 3.59. The third kappa shape index (κ3) is 3.11. The third-order valence-electron chi connectivity index (χ3n) is 8.99. The Balaban J connectivity index is 1.73. The summed E-state index contributed by atoms with van der Waals surface area (Å²) in [6.07, 6.45) is -4.48. The highest BCUT2D eigenvalue weighted by Crippen LogP contribution is 2.68. The quantitative estimate of drug-likeness (QED) is 0.200. The van der Waals surface area contributed by atoms with E-state index in [9.17, 15) is 29.7 Å². The van der Waals surface area contributed by atoms with Crippen LogP contribution in [0.1, 0.15) is 47.5 Å². The van der Waals surface area contributed by atoms with Gasteiger partial charge in [-0.25, -0.2) is 4.79 Å². The van der Waals surface area contributed by atoms with E-state index in [2.05, 4.69) is 0 Å². The molecule has 1 saturated carbocycles. The molecule has 11 heteroatoms. The topological polar surface area (TPSA) is 165 Å². The van der Waals surface area contributed by atoms with Crippen LogP contribution in [-0.4, -0.2) is 93.3 Å².